The third-order valence-corrected chi connectivity index (χ3v) is 1.94. The molecule has 0 aromatic heterocycles. The van der Waals surface area contributed by atoms with Crippen LogP contribution in [0, 0.1) is 0 Å². The zero-order valence-corrected chi connectivity index (χ0v) is 10.1. The number of phenols is 1. The van der Waals surface area contributed by atoms with Crippen LogP contribution in [0.3, 0.4) is 0 Å². The molecule has 1 unspecified atom stereocenters. The van der Waals surface area contributed by atoms with Crippen LogP contribution in [-0.2, 0) is 37.8 Å². The minimum Gasteiger partial charge on any atom is -0.508 e. The zero-order valence-electron chi connectivity index (χ0n) is 9.14. The van der Waals surface area contributed by atoms with Crippen LogP contribution < -0.4 is 5.73 Å². The number of phenolic OH excluding ortho intramolecular Hbond substituents is 1. The van der Waals surface area contributed by atoms with Gasteiger partial charge >= 0.3 is 11.9 Å². The zero-order chi connectivity index (χ0) is 12.1. The molecule has 1 rings (SSSR count). The average molecular weight is 287 g/mol. The predicted octanol–water partition coefficient (Wildman–Crippen LogP) is 0.349. The van der Waals surface area contributed by atoms with Gasteiger partial charge in [0.1, 0.15) is 11.8 Å². The van der Waals surface area contributed by atoms with E-state index in [2.05, 4.69) is 4.74 Å². The number of carbonyl (C=O) groups is 2. The monoisotopic (exact) mass is 286 g/mol. The molecule has 17 heavy (non-hydrogen) atoms. The Hall–Kier alpha value is -1.36. The van der Waals surface area contributed by atoms with Gasteiger partial charge in [-0.25, -0.2) is 4.79 Å². The van der Waals surface area contributed by atoms with Crippen molar-refractivity contribution in [2.45, 2.75) is 19.4 Å². The van der Waals surface area contributed by atoms with Crippen molar-refractivity contribution in [1.82, 2.24) is 0 Å². The molecule has 1 atom stereocenters. The van der Waals surface area contributed by atoms with E-state index in [0.29, 0.717) is 0 Å². The number of esters is 2. The first-order valence-corrected chi connectivity index (χ1v) is 4.75. The van der Waals surface area contributed by atoms with Crippen molar-refractivity contribution in [3.05, 3.63) is 29.8 Å². The molecule has 0 bridgehead atoms. The number of hydrogen-bond donors (Lipinski definition) is 2. The van der Waals surface area contributed by atoms with Crippen LogP contribution >= 0.6 is 0 Å². The van der Waals surface area contributed by atoms with Crippen LogP contribution in [0.25, 0.3) is 0 Å². The van der Waals surface area contributed by atoms with Gasteiger partial charge in [0.25, 0.3) is 0 Å². The van der Waals surface area contributed by atoms with Crippen LogP contribution in [0.1, 0.15) is 12.5 Å². The maximum atomic E-state index is 11.2. The van der Waals surface area contributed by atoms with Gasteiger partial charge in [0.05, 0.1) is 0 Å². The molecule has 5 nitrogen and oxygen atoms in total. The first-order chi connectivity index (χ1) is 7.49. The van der Waals surface area contributed by atoms with E-state index >= 15 is 0 Å². The number of benzene rings is 1. The van der Waals surface area contributed by atoms with Gasteiger partial charge in [-0.2, -0.15) is 0 Å². The molecule has 0 saturated carbocycles. The maximum Gasteiger partial charge on any atom is 0.330 e. The third-order valence-electron chi connectivity index (χ3n) is 1.94. The van der Waals surface area contributed by atoms with Crippen LogP contribution in [0.5, 0.6) is 5.75 Å². The van der Waals surface area contributed by atoms with Crippen LogP contribution in [-0.4, -0.2) is 23.1 Å². The second-order valence-electron chi connectivity index (χ2n) is 3.39. The first kappa shape index (κ1) is 15.6. The Balaban J connectivity index is 0.00000256. The molecule has 0 amide bonds. The normalized spacial score (nSPS) is 11.2. The number of ether oxygens (including phenoxy) is 1. The summed E-state index contributed by atoms with van der Waals surface area (Å²) in [7, 11) is 0. The van der Waals surface area contributed by atoms with Gasteiger partial charge in [0, 0.05) is 24.0 Å². The number of hydrogen-bond acceptors (Lipinski definition) is 5. The van der Waals surface area contributed by atoms with E-state index in [1.54, 1.807) is 12.1 Å². The van der Waals surface area contributed by atoms with Crippen LogP contribution in [0.2, 0.25) is 0 Å². The fraction of sp³-hybridized carbons (Fsp3) is 0.273. The van der Waals surface area contributed by atoms with Gasteiger partial charge in [-0.15, -0.1) is 0 Å². The summed E-state index contributed by atoms with van der Waals surface area (Å²) in [4.78, 5) is 21.7. The molecule has 1 radical (unpaired) electrons. The molecule has 1 aromatic rings. The topological polar surface area (TPSA) is 89.6 Å². The smallest absolute Gasteiger partial charge is 0.330 e. The van der Waals surface area contributed by atoms with E-state index in [1.165, 1.54) is 12.1 Å². The summed E-state index contributed by atoms with van der Waals surface area (Å²) < 4.78 is 4.36. The number of rotatable bonds is 3. The van der Waals surface area contributed by atoms with Gasteiger partial charge in [-0.3, -0.25) is 4.79 Å². The third kappa shape index (κ3) is 5.49. The molecule has 0 aliphatic heterocycles. The van der Waals surface area contributed by atoms with Gasteiger partial charge in [0.2, 0.25) is 0 Å². The minimum absolute atomic E-state index is 0. The van der Waals surface area contributed by atoms with E-state index in [9.17, 15) is 9.59 Å². The second-order valence-corrected chi connectivity index (χ2v) is 3.39. The standard InChI is InChI=1S/C11H13NO4.Cu/c1-7(13)16-11(15)10(12)6-8-2-4-9(14)5-3-8;/h2-5,10,14H,6,12H2,1H3;. The van der Waals surface area contributed by atoms with Crippen molar-refractivity contribution in [3.8, 4) is 5.75 Å². The van der Waals surface area contributed by atoms with E-state index in [0.717, 1.165) is 12.5 Å². The first-order valence-electron chi connectivity index (χ1n) is 4.75. The Morgan fingerprint density at radius 2 is 1.88 bits per heavy atom. The summed E-state index contributed by atoms with van der Waals surface area (Å²) >= 11 is 0. The number of aromatic hydroxyl groups is 1. The van der Waals surface area contributed by atoms with Gasteiger partial charge in [-0.1, -0.05) is 12.1 Å². The maximum absolute atomic E-state index is 11.2. The molecule has 0 spiro atoms. The van der Waals surface area contributed by atoms with Gasteiger partial charge in [-0.05, 0) is 24.1 Å². The summed E-state index contributed by atoms with van der Waals surface area (Å²) in [5.41, 5.74) is 6.33. The summed E-state index contributed by atoms with van der Waals surface area (Å²) in [6, 6.07) is 5.41. The molecule has 0 aliphatic carbocycles. The number of carbonyl (C=O) groups excluding carboxylic acids is 2. The summed E-state index contributed by atoms with van der Waals surface area (Å²) in [6.45, 7) is 1.14. The molecule has 0 heterocycles. The Kier molecular flexibility index (Phi) is 6.50. The van der Waals surface area contributed by atoms with E-state index < -0.39 is 18.0 Å². The van der Waals surface area contributed by atoms with Crippen LogP contribution in [0.4, 0.5) is 0 Å². The number of nitrogens with two attached hydrogens (primary N) is 1. The largest absolute Gasteiger partial charge is 0.508 e. The van der Waals surface area contributed by atoms with Crippen molar-refractivity contribution in [1.29, 1.82) is 0 Å². The fourth-order valence-corrected chi connectivity index (χ4v) is 1.19. The SMILES string of the molecule is CC(=O)OC(=O)C(N)Cc1ccc(O)cc1.[Cu]. The quantitative estimate of drug-likeness (QED) is 0.475. The molecule has 0 saturated heterocycles. The molecule has 0 aliphatic rings. The fourth-order valence-electron chi connectivity index (χ4n) is 1.19. The summed E-state index contributed by atoms with van der Waals surface area (Å²) in [5.74, 6) is -1.28. The molecule has 97 valence electrons. The van der Waals surface area contributed by atoms with Crippen molar-refractivity contribution >= 4 is 11.9 Å². The second kappa shape index (κ2) is 7.06. The van der Waals surface area contributed by atoms with Crippen molar-refractivity contribution in [2.75, 3.05) is 0 Å². The van der Waals surface area contributed by atoms with Crippen molar-refractivity contribution in [2.24, 2.45) is 5.73 Å². The van der Waals surface area contributed by atoms with Gasteiger partial charge < -0.3 is 15.6 Å². The minimum atomic E-state index is -0.881. The Morgan fingerprint density at radius 1 is 1.35 bits per heavy atom. The molecule has 6 heteroatoms. The molecular formula is C11H13CuNO4. The van der Waals surface area contributed by atoms with Crippen molar-refractivity contribution < 1.29 is 36.5 Å². The summed E-state index contributed by atoms with van der Waals surface area (Å²) in [5, 5.41) is 9.05. The van der Waals surface area contributed by atoms with Gasteiger partial charge in [0.15, 0.2) is 0 Å². The molecule has 0 fully saturated rings. The average Bonchev–Trinajstić information content (AvgIpc) is 2.20. The van der Waals surface area contributed by atoms with Crippen molar-refractivity contribution in [3.63, 3.8) is 0 Å². The Labute approximate surface area is 109 Å². The summed E-state index contributed by atoms with van der Waals surface area (Å²) in [6.07, 6.45) is 0.256. The molecule has 3 N–H and O–H groups in total. The Morgan fingerprint density at radius 3 is 2.35 bits per heavy atom. The van der Waals surface area contributed by atoms with E-state index in [4.69, 9.17) is 10.8 Å². The molecule has 1 aromatic carbocycles. The Bertz CT molecular complexity index is 391. The van der Waals surface area contributed by atoms with E-state index in [-0.39, 0.29) is 29.2 Å². The van der Waals surface area contributed by atoms with E-state index in [1.807, 2.05) is 0 Å². The molecular weight excluding hydrogens is 274 g/mol. The predicted molar refractivity (Wildman–Crippen MR) is 56.6 cm³/mol. The van der Waals surface area contributed by atoms with Crippen LogP contribution in [0.15, 0.2) is 24.3 Å².